The van der Waals surface area contributed by atoms with Gasteiger partial charge in [0.1, 0.15) is 5.60 Å². The summed E-state index contributed by atoms with van der Waals surface area (Å²) >= 11 is 0. The molecule has 5 nitrogen and oxygen atoms in total. The number of fused-ring (bicyclic) bond motifs is 1. The number of alkyl carbamates (subject to hydrolysis) is 1. The summed E-state index contributed by atoms with van der Waals surface area (Å²) in [6.07, 6.45) is -0.498. The van der Waals surface area contributed by atoms with E-state index in [1.165, 1.54) is 6.07 Å². The molecule has 0 aliphatic carbocycles. The van der Waals surface area contributed by atoms with E-state index in [4.69, 9.17) is 4.74 Å². The summed E-state index contributed by atoms with van der Waals surface area (Å²) < 4.78 is 5.17. The minimum absolute atomic E-state index is 0.190. The van der Waals surface area contributed by atoms with Crippen LogP contribution in [0.3, 0.4) is 0 Å². The van der Waals surface area contributed by atoms with Gasteiger partial charge in [0, 0.05) is 23.5 Å². The first kappa shape index (κ1) is 14.1. The van der Waals surface area contributed by atoms with Gasteiger partial charge in [-0.25, -0.2) is 4.79 Å². The molecule has 1 amide bonds. The van der Waals surface area contributed by atoms with Crippen LogP contribution in [0.4, 0.5) is 4.79 Å². The van der Waals surface area contributed by atoms with Crippen molar-refractivity contribution in [1.29, 1.82) is 0 Å². The summed E-state index contributed by atoms with van der Waals surface area (Å²) in [5.41, 5.74) is 0.779. The molecule has 1 aromatic heterocycles. The van der Waals surface area contributed by atoms with Gasteiger partial charge in [-0.3, -0.25) is 4.79 Å². The normalized spacial score (nSPS) is 11.3. The molecule has 0 aliphatic heterocycles. The van der Waals surface area contributed by atoms with Gasteiger partial charge in [-0.1, -0.05) is 18.2 Å². The Morgan fingerprint density at radius 2 is 2.00 bits per heavy atom. The standard InChI is InChI=1S/C15H18N2O3/c1-15(2,3)20-14(19)16-9-10-8-13(18)17-12-7-5-4-6-11(10)12/h4-8H,9H2,1-3H3,(H,16,19)(H,17,18). The quantitative estimate of drug-likeness (QED) is 0.884. The number of carbonyl (C=O) groups excluding carboxylic acids is 1. The van der Waals surface area contributed by atoms with Crippen molar-refractivity contribution in [3.8, 4) is 0 Å². The van der Waals surface area contributed by atoms with Crippen LogP contribution in [0.1, 0.15) is 26.3 Å². The van der Waals surface area contributed by atoms with Crippen LogP contribution in [0, 0.1) is 0 Å². The molecule has 1 heterocycles. The van der Waals surface area contributed by atoms with Crippen LogP contribution >= 0.6 is 0 Å². The fourth-order valence-corrected chi connectivity index (χ4v) is 1.90. The number of rotatable bonds is 2. The van der Waals surface area contributed by atoms with Crippen LogP contribution < -0.4 is 10.9 Å². The topological polar surface area (TPSA) is 71.2 Å². The van der Waals surface area contributed by atoms with Crippen molar-refractivity contribution < 1.29 is 9.53 Å². The second-order valence-electron chi connectivity index (χ2n) is 5.56. The van der Waals surface area contributed by atoms with Gasteiger partial charge >= 0.3 is 6.09 Å². The molecule has 0 fully saturated rings. The monoisotopic (exact) mass is 274 g/mol. The maximum absolute atomic E-state index is 11.6. The minimum Gasteiger partial charge on any atom is -0.444 e. The Kier molecular flexibility index (Phi) is 3.79. The number of ether oxygens (including phenoxy) is 1. The molecule has 2 N–H and O–H groups in total. The van der Waals surface area contributed by atoms with Crippen molar-refractivity contribution >= 4 is 17.0 Å². The zero-order valence-corrected chi connectivity index (χ0v) is 11.8. The summed E-state index contributed by atoms with van der Waals surface area (Å²) in [6, 6.07) is 8.95. The molecule has 0 radical (unpaired) electrons. The highest BCUT2D eigenvalue weighted by atomic mass is 16.6. The zero-order valence-electron chi connectivity index (χ0n) is 11.8. The first-order valence-corrected chi connectivity index (χ1v) is 6.43. The molecule has 0 aliphatic rings. The van der Waals surface area contributed by atoms with E-state index in [-0.39, 0.29) is 12.1 Å². The van der Waals surface area contributed by atoms with Crippen molar-refractivity contribution in [3.63, 3.8) is 0 Å². The molecule has 20 heavy (non-hydrogen) atoms. The molecule has 2 rings (SSSR count). The second-order valence-corrected chi connectivity index (χ2v) is 5.56. The van der Waals surface area contributed by atoms with Crippen molar-refractivity contribution in [2.75, 3.05) is 0 Å². The lowest BCUT2D eigenvalue weighted by Crippen LogP contribution is -2.32. The molecule has 0 bridgehead atoms. The van der Waals surface area contributed by atoms with Crippen molar-refractivity contribution in [3.05, 3.63) is 46.2 Å². The maximum atomic E-state index is 11.6. The molecule has 2 aromatic rings. The Balaban J connectivity index is 2.18. The predicted molar refractivity (Wildman–Crippen MR) is 77.6 cm³/mol. The van der Waals surface area contributed by atoms with Crippen LogP contribution in [0.15, 0.2) is 35.1 Å². The number of H-pyrrole nitrogens is 1. The highest BCUT2D eigenvalue weighted by molar-refractivity contribution is 5.82. The van der Waals surface area contributed by atoms with Gasteiger partial charge in [0.15, 0.2) is 0 Å². The third kappa shape index (κ3) is 3.60. The SMILES string of the molecule is CC(C)(C)OC(=O)NCc1cc(=O)[nH]c2ccccc12. The van der Waals surface area contributed by atoms with Crippen molar-refractivity contribution in [2.45, 2.75) is 32.9 Å². The largest absolute Gasteiger partial charge is 0.444 e. The maximum Gasteiger partial charge on any atom is 0.407 e. The molecular formula is C15H18N2O3. The number of benzene rings is 1. The molecule has 5 heteroatoms. The Hall–Kier alpha value is -2.30. The number of amides is 1. The number of hydrogen-bond donors (Lipinski definition) is 2. The lowest BCUT2D eigenvalue weighted by molar-refractivity contribution is 0.0524. The molecule has 0 spiro atoms. The van der Waals surface area contributed by atoms with Crippen LogP contribution in [-0.2, 0) is 11.3 Å². The zero-order chi connectivity index (χ0) is 14.8. The average Bonchev–Trinajstić information content (AvgIpc) is 2.33. The molecular weight excluding hydrogens is 256 g/mol. The highest BCUT2D eigenvalue weighted by Gasteiger charge is 2.16. The van der Waals surface area contributed by atoms with Gasteiger partial charge in [0.2, 0.25) is 5.56 Å². The fraction of sp³-hybridized carbons (Fsp3) is 0.333. The lowest BCUT2D eigenvalue weighted by atomic mass is 10.1. The number of carbonyl (C=O) groups is 1. The summed E-state index contributed by atoms with van der Waals surface area (Å²) in [5, 5.41) is 3.57. The third-order valence-corrected chi connectivity index (χ3v) is 2.66. The minimum atomic E-state index is -0.541. The van der Waals surface area contributed by atoms with Gasteiger partial charge in [-0.05, 0) is 32.4 Å². The van der Waals surface area contributed by atoms with E-state index in [0.717, 1.165) is 16.5 Å². The number of aromatic nitrogens is 1. The Morgan fingerprint density at radius 3 is 2.70 bits per heavy atom. The molecule has 0 atom stereocenters. The second kappa shape index (κ2) is 5.36. The van der Waals surface area contributed by atoms with Crippen LogP contribution in [0.5, 0.6) is 0 Å². The Labute approximate surface area is 117 Å². The Bertz CT molecular complexity index is 683. The number of nitrogens with one attached hydrogen (secondary N) is 2. The van der Waals surface area contributed by atoms with E-state index in [9.17, 15) is 9.59 Å². The van der Waals surface area contributed by atoms with Crippen LogP contribution in [-0.4, -0.2) is 16.7 Å². The first-order chi connectivity index (χ1) is 9.35. The van der Waals surface area contributed by atoms with Gasteiger partial charge in [0.05, 0.1) is 0 Å². The van der Waals surface area contributed by atoms with E-state index in [2.05, 4.69) is 10.3 Å². The molecule has 0 saturated heterocycles. The fourth-order valence-electron chi connectivity index (χ4n) is 1.90. The summed E-state index contributed by atoms with van der Waals surface area (Å²) in [7, 11) is 0. The van der Waals surface area contributed by atoms with Gasteiger partial charge in [0.25, 0.3) is 0 Å². The third-order valence-electron chi connectivity index (χ3n) is 2.66. The predicted octanol–water partition coefficient (Wildman–Crippen LogP) is 2.55. The number of para-hydroxylation sites is 1. The number of pyridine rings is 1. The summed E-state index contributed by atoms with van der Waals surface area (Å²) in [4.78, 5) is 26.0. The average molecular weight is 274 g/mol. The summed E-state index contributed by atoms with van der Waals surface area (Å²) in [5.74, 6) is 0. The lowest BCUT2D eigenvalue weighted by Gasteiger charge is -2.19. The molecule has 0 unspecified atom stereocenters. The van der Waals surface area contributed by atoms with Crippen LogP contribution in [0.2, 0.25) is 0 Å². The van der Waals surface area contributed by atoms with Crippen molar-refractivity contribution in [1.82, 2.24) is 10.3 Å². The first-order valence-electron chi connectivity index (χ1n) is 6.43. The van der Waals surface area contributed by atoms with E-state index in [0.29, 0.717) is 0 Å². The molecule has 106 valence electrons. The highest BCUT2D eigenvalue weighted by Crippen LogP contribution is 2.14. The number of aromatic amines is 1. The van der Waals surface area contributed by atoms with E-state index in [1.54, 1.807) is 20.8 Å². The van der Waals surface area contributed by atoms with Crippen molar-refractivity contribution in [2.24, 2.45) is 0 Å². The van der Waals surface area contributed by atoms with E-state index >= 15 is 0 Å². The summed E-state index contributed by atoms with van der Waals surface area (Å²) in [6.45, 7) is 5.65. The smallest absolute Gasteiger partial charge is 0.407 e. The Morgan fingerprint density at radius 1 is 1.30 bits per heavy atom. The van der Waals surface area contributed by atoms with Gasteiger partial charge in [-0.2, -0.15) is 0 Å². The van der Waals surface area contributed by atoms with E-state index < -0.39 is 11.7 Å². The number of hydrogen-bond acceptors (Lipinski definition) is 3. The van der Waals surface area contributed by atoms with Gasteiger partial charge in [-0.15, -0.1) is 0 Å². The molecule has 0 saturated carbocycles. The van der Waals surface area contributed by atoms with Gasteiger partial charge < -0.3 is 15.0 Å². The van der Waals surface area contributed by atoms with E-state index in [1.807, 2.05) is 24.3 Å². The molecule has 1 aromatic carbocycles. The van der Waals surface area contributed by atoms with Crippen LogP contribution in [0.25, 0.3) is 10.9 Å².